The molecule has 0 bridgehead atoms. The highest BCUT2D eigenvalue weighted by Gasteiger charge is 2.18. The summed E-state index contributed by atoms with van der Waals surface area (Å²) in [6.07, 6.45) is 1.63. The first-order valence-corrected chi connectivity index (χ1v) is 8.51. The van der Waals surface area contributed by atoms with E-state index < -0.39 is 0 Å². The summed E-state index contributed by atoms with van der Waals surface area (Å²) >= 11 is 0. The number of aromatic amines is 2. The van der Waals surface area contributed by atoms with Gasteiger partial charge in [0.05, 0.1) is 17.2 Å². The number of nitrogens with one attached hydrogen (secondary N) is 3. The number of rotatable bonds is 4. The van der Waals surface area contributed by atoms with Crippen LogP contribution in [0.3, 0.4) is 0 Å². The van der Waals surface area contributed by atoms with Gasteiger partial charge < -0.3 is 14.8 Å². The van der Waals surface area contributed by atoms with E-state index in [4.69, 9.17) is 0 Å². The SMILES string of the molecule is CCN1CCN(c2cnc(Nc3nc4ccccc4[nH]3)[nH]c2=O)CC1. The van der Waals surface area contributed by atoms with Gasteiger partial charge in [-0.3, -0.25) is 15.1 Å². The first-order chi connectivity index (χ1) is 12.2. The van der Waals surface area contributed by atoms with Gasteiger partial charge in [0.1, 0.15) is 5.69 Å². The molecule has 0 radical (unpaired) electrons. The Kier molecular flexibility index (Phi) is 4.10. The summed E-state index contributed by atoms with van der Waals surface area (Å²) in [6.45, 7) is 6.82. The van der Waals surface area contributed by atoms with Crippen LogP contribution in [0.15, 0.2) is 35.3 Å². The van der Waals surface area contributed by atoms with Crippen LogP contribution in [0.25, 0.3) is 11.0 Å². The van der Waals surface area contributed by atoms with E-state index in [9.17, 15) is 4.79 Å². The second-order valence-electron chi connectivity index (χ2n) is 6.10. The highest BCUT2D eigenvalue weighted by Crippen LogP contribution is 2.16. The molecule has 3 aromatic rings. The average molecular weight is 339 g/mol. The number of para-hydroxylation sites is 2. The van der Waals surface area contributed by atoms with Gasteiger partial charge in [-0.1, -0.05) is 19.1 Å². The van der Waals surface area contributed by atoms with E-state index in [2.05, 4.69) is 42.0 Å². The van der Waals surface area contributed by atoms with E-state index in [0.29, 0.717) is 17.6 Å². The molecule has 25 heavy (non-hydrogen) atoms. The van der Waals surface area contributed by atoms with Crippen molar-refractivity contribution in [3.8, 4) is 0 Å². The monoisotopic (exact) mass is 339 g/mol. The van der Waals surface area contributed by atoms with Crippen LogP contribution in [-0.4, -0.2) is 57.6 Å². The number of likely N-dealkylation sites (N-methyl/N-ethyl adjacent to an activating group) is 1. The van der Waals surface area contributed by atoms with Crippen LogP contribution in [0, 0.1) is 0 Å². The van der Waals surface area contributed by atoms with Gasteiger partial charge in [0.2, 0.25) is 11.9 Å². The van der Waals surface area contributed by atoms with Gasteiger partial charge in [-0.15, -0.1) is 0 Å². The third-order valence-corrected chi connectivity index (χ3v) is 4.57. The highest BCUT2D eigenvalue weighted by molar-refractivity contribution is 5.77. The molecule has 0 atom stereocenters. The Hall–Kier alpha value is -2.87. The largest absolute Gasteiger partial charge is 0.363 e. The second-order valence-corrected chi connectivity index (χ2v) is 6.10. The third-order valence-electron chi connectivity index (χ3n) is 4.57. The molecule has 1 aromatic carbocycles. The first-order valence-electron chi connectivity index (χ1n) is 8.51. The minimum Gasteiger partial charge on any atom is -0.363 e. The quantitative estimate of drug-likeness (QED) is 0.667. The summed E-state index contributed by atoms with van der Waals surface area (Å²) in [7, 11) is 0. The molecule has 0 amide bonds. The van der Waals surface area contributed by atoms with Crippen molar-refractivity contribution in [1.82, 2.24) is 24.8 Å². The molecule has 1 saturated heterocycles. The summed E-state index contributed by atoms with van der Waals surface area (Å²) in [5.74, 6) is 0.925. The lowest BCUT2D eigenvalue weighted by atomic mass is 10.3. The fraction of sp³-hybridized carbons (Fsp3) is 0.353. The van der Waals surface area contributed by atoms with E-state index in [0.717, 1.165) is 43.8 Å². The standard InChI is InChI=1S/C17H21N7O/c1-2-23-7-9-24(10-8-23)14-11-18-16(21-15(14)25)22-17-19-12-5-3-4-6-13(12)20-17/h3-6,11H,2,7-10H2,1H3,(H3,18,19,20,21,22,25). The molecule has 130 valence electrons. The van der Waals surface area contributed by atoms with Crippen molar-refractivity contribution in [1.29, 1.82) is 0 Å². The number of benzene rings is 1. The molecule has 0 saturated carbocycles. The van der Waals surface area contributed by atoms with Crippen molar-refractivity contribution in [2.45, 2.75) is 6.92 Å². The van der Waals surface area contributed by atoms with Crippen molar-refractivity contribution in [3.05, 3.63) is 40.8 Å². The molecular weight excluding hydrogens is 318 g/mol. The lowest BCUT2D eigenvalue weighted by Gasteiger charge is -2.34. The Balaban J connectivity index is 1.51. The van der Waals surface area contributed by atoms with Crippen molar-refractivity contribution < 1.29 is 0 Å². The van der Waals surface area contributed by atoms with Crippen molar-refractivity contribution in [2.75, 3.05) is 42.9 Å². The molecule has 1 aliphatic heterocycles. The summed E-state index contributed by atoms with van der Waals surface area (Å²) in [6, 6.07) is 7.74. The zero-order valence-electron chi connectivity index (χ0n) is 14.1. The molecule has 1 aliphatic rings. The van der Waals surface area contributed by atoms with Crippen LogP contribution in [0.2, 0.25) is 0 Å². The number of hydrogen-bond acceptors (Lipinski definition) is 6. The molecule has 8 nitrogen and oxygen atoms in total. The van der Waals surface area contributed by atoms with Gasteiger partial charge in [-0.2, -0.15) is 0 Å². The van der Waals surface area contributed by atoms with Gasteiger partial charge in [-0.05, 0) is 18.7 Å². The number of H-pyrrole nitrogens is 2. The maximum absolute atomic E-state index is 12.4. The summed E-state index contributed by atoms with van der Waals surface area (Å²) in [5.41, 5.74) is 2.26. The van der Waals surface area contributed by atoms with Crippen LogP contribution in [-0.2, 0) is 0 Å². The van der Waals surface area contributed by atoms with Crippen LogP contribution >= 0.6 is 0 Å². The van der Waals surface area contributed by atoms with Gasteiger partial charge >= 0.3 is 0 Å². The fourth-order valence-electron chi connectivity index (χ4n) is 3.11. The minimum absolute atomic E-state index is 0.140. The maximum atomic E-state index is 12.4. The Morgan fingerprint density at radius 1 is 1.12 bits per heavy atom. The molecule has 2 aromatic heterocycles. The van der Waals surface area contributed by atoms with Gasteiger partial charge in [0.15, 0.2) is 0 Å². The molecule has 8 heteroatoms. The van der Waals surface area contributed by atoms with E-state index in [1.165, 1.54) is 0 Å². The number of hydrogen-bond donors (Lipinski definition) is 3. The topological polar surface area (TPSA) is 92.9 Å². The summed E-state index contributed by atoms with van der Waals surface area (Å²) in [4.78, 5) is 31.6. The molecule has 3 heterocycles. The normalized spacial score (nSPS) is 15.6. The average Bonchev–Trinajstić information content (AvgIpc) is 3.04. The number of nitrogens with zero attached hydrogens (tertiary/aromatic N) is 4. The number of fused-ring (bicyclic) bond motifs is 1. The van der Waals surface area contributed by atoms with Crippen molar-refractivity contribution in [2.24, 2.45) is 0 Å². The summed E-state index contributed by atoms with van der Waals surface area (Å²) < 4.78 is 0. The molecule has 4 rings (SSSR count). The van der Waals surface area contributed by atoms with Crippen LogP contribution in [0.5, 0.6) is 0 Å². The lowest BCUT2D eigenvalue weighted by Crippen LogP contribution is -2.47. The zero-order valence-corrected chi connectivity index (χ0v) is 14.1. The molecule has 0 spiro atoms. The molecule has 1 fully saturated rings. The van der Waals surface area contributed by atoms with Crippen LogP contribution in [0.1, 0.15) is 6.92 Å². The van der Waals surface area contributed by atoms with Crippen molar-refractivity contribution in [3.63, 3.8) is 0 Å². The second kappa shape index (κ2) is 6.56. The smallest absolute Gasteiger partial charge is 0.275 e. The van der Waals surface area contributed by atoms with Crippen molar-refractivity contribution >= 4 is 28.6 Å². The number of anilines is 3. The molecule has 0 unspecified atom stereocenters. The molecule has 3 N–H and O–H groups in total. The van der Waals surface area contributed by atoms with Gasteiger partial charge in [0, 0.05) is 26.2 Å². The highest BCUT2D eigenvalue weighted by atomic mass is 16.1. The van der Waals surface area contributed by atoms with Gasteiger partial charge in [0.25, 0.3) is 5.56 Å². The Morgan fingerprint density at radius 3 is 2.64 bits per heavy atom. The Bertz CT molecular complexity index is 891. The first kappa shape index (κ1) is 15.6. The Labute approximate surface area is 144 Å². The van der Waals surface area contributed by atoms with Crippen LogP contribution < -0.4 is 15.8 Å². The number of aromatic nitrogens is 4. The Morgan fingerprint density at radius 2 is 1.92 bits per heavy atom. The molecule has 0 aliphatic carbocycles. The lowest BCUT2D eigenvalue weighted by molar-refractivity contribution is 0.271. The molecular formula is C17H21N7O. The number of piperazine rings is 1. The fourth-order valence-corrected chi connectivity index (χ4v) is 3.11. The number of imidazole rings is 1. The van der Waals surface area contributed by atoms with E-state index in [1.54, 1.807) is 6.20 Å². The van der Waals surface area contributed by atoms with E-state index >= 15 is 0 Å². The van der Waals surface area contributed by atoms with Gasteiger partial charge in [-0.25, -0.2) is 9.97 Å². The van der Waals surface area contributed by atoms with E-state index in [-0.39, 0.29) is 5.56 Å². The third kappa shape index (κ3) is 3.20. The van der Waals surface area contributed by atoms with E-state index in [1.807, 2.05) is 24.3 Å². The maximum Gasteiger partial charge on any atom is 0.275 e. The predicted octanol–water partition coefficient (Wildman–Crippen LogP) is 1.53. The predicted molar refractivity (Wildman–Crippen MR) is 98.6 cm³/mol. The summed E-state index contributed by atoms with van der Waals surface area (Å²) in [5, 5.41) is 3.02. The zero-order chi connectivity index (χ0) is 17.2. The van der Waals surface area contributed by atoms with Crippen LogP contribution in [0.4, 0.5) is 17.6 Å². The minimum atomic E-state index is -0.140.